The van der Waals surface area contributed by atoms with Gasteiger partial charge in [-0.05, 0) is 33.1 Å². The number of aromatic nitrogens is 2. The maximum atomic E-state index is 13.2. The number of piperazine rings is 1. The van der Waals surface area contributed by atoms with Crippen LogP contribution in [0, 0.1) is 6.92 Å². The SMILES string of the molecule is CCCS(=O)(=O)N1CCCC1C(=O)N1CCN(C(C)c2nc(-c3ccc(C)cc3)no2)CC1. The molecule has 3 heterocycles. The number of amides is 1. The van der Waals surface area contributed by atoms with Gasteiger partial charge in [-0.3, -0.25) is 9.69 Å². The zero-order valence-electron chi connectivity index (χ0n) is 19.6. The van der Waals surface area contributed by atoms with Crippen molar-refractivity contribution >= 4 is 15.9 Å². The summed E-state index contributed by atoms with van der Waals surface area (Å²) in [5, 5.41) is 4.13. The van der Waals surface area contributed by atoms with E-state index in [0.29, 0.717) is 57.3 Å². The third-order valence-electron chi connectivity index (χ3n) is 6.59. The van der Waals surface area contributed by atoms with Crippen molar-refractivity contribution in [2.45, 2.75) is 52.1 Å². The van der Waals surface area contributed by atoms with Crippen LogP contribution in [-0.2, 0) is 14.8 Å². The van der Waals surface area contributed by atoms with Crippen LogP contribution in [0.4, 0.5) is 0 Å². The minimum atomic E-state index is -3.38. The first kappa shape index (κ1) is 23.8. The van der Waals surface area contributed by atoms with Gasteiger partial charge < -0.3 is 9.42 Å². The van der Waals surface area contributed by atoms with E-state index in [0.717, 1.165) is 12.0 Å². The second-order valence-corrected chi connectivity index (χ2v) is 11.0. The monoisotopic (exact) mass is 475 g/mol. The fourth-order valence-corrected chi connectivity index (χ4v) is 6.36. The second-order valence-electron chi connectivity index (χ2n) is 8.94. The largest absolute Gasteiger partial charge is 0.339 e. The zero-order valence-corrected chi connectivity index (χ0v) is 20.4. The van der Waals surface area contributed by atoms with Gasteiger partial charge in [-0.15, -0.1) is 0 Å². The lowest BCUT2D eigenvalue weighted by Gasteiger charge is -2.38. The summed E-state index contributed by atoms with van der Waals surface area (Å²) >= 11 is 0. The van der Waals surface area contributed by atoms with E-state index in [1.54, 1.807) is 4.90 Å². The number of sulfonamides is 1. The molecule has 2 aliphatic heterocycles. The Morgan fingerprint density at radius 1 is 1.15 bits per heavy atom. The molecule has 0 saturated carbocycles. The molecule has 2 fully saturated rings. The Kier molecular flexibility index (Phi) is 7.16. The van der Waals surface area contributed by atoms with Crippen LogP contribution in [0.3, 0.4) is 0 Å². The Labute approximate surface area is 195 Å². The Hall–Kier alpha value is -2.30. The molecule has 1 aromatic heterocycles. The summed E-state index contributed by atoms with van der Waals surface area (Å²) in [5.74, 6) is 1.15. The van der Waals surface area contributed by atoms with Crippen LogP contribution >= 0.6 is 0 Å². The van der Waals surface area contributed by atoms with Crippen molar-refractivity contribution in [3.63, 3.8) is 0 Å². The second kappa shape index (κ2) is 9.90. The van der Waals surface area contributed by atoms with Gasteiger partial charge in [0.1, 0.15) is 6.04 Å². The molecule has 1 aromatic carbocycles. The van der Waals surface area contributed by atoms with Crippen molar-refractivity contribution < 1.29 is 17.7 Å². The van der Waals surface area contributed by atoms with Crippen molar-refractivity contribution in [3.05, 3.63) is 35.7 Å². The third-order valence-corrected chi connectivity index (χ3v) is 8.67. The number of carbonyl (C=O) groups excluding carboxylic acids is 1. The number of nitrogens with zero attached hydrogens (tertiary/aromatic N) is 5. The smallest absolute Gasteiger partial charge is 0.244 e. The highest BCUT2D eigenvalue weighted by atomic mass is 32.2. The highest BCUT2D eigenvalue weighted by molar-refractivity contribution is 7.89. The van der Waals surface area contributed by atoms with Crippen LogP contribution in [-0.4, -0.2) is 83.1 Å². The molecule has 0 radical (unpaired) electrons. The van der Waals surface area contributed by atoms with Crippen molar-refractivity contribution in [2.24, 2.45) is 0 Å². The Balaban J connectivity index is 1.36. The summed E-state index contributed by atoms with van der Waals surface area (Å²) < 4.78 is 32.1. The van der Waals surface area contributed by atoms with E-state index in [1.807, 2.05) is 45.0 Å². The molecule has 1 amide bonds. The van der Waals surface area contributed by atoms with Gasteiger partial charge in [-0.2, -0.15) is 9.29 Å². The van der Waals surface area contributed by atoms with Gasteiger partial charge in [0.25, 0.3) is 0 Å². The van der Waals surface area contributed by atoms with E-state index in [4.69, 9.17) is 4.52 Å². The van der Waals surface area contributed by atoms with E-state index >= 15 is 0 Å². The average molecular weight is 476 g/mol. The highest BCUT2D eigenvalue weighted by Crippen LogP contribution is 2.26. The minimum Gasteiger partial charge on any atom is -0.339 e. The zero-order chi connectivity index (χ0) is 23.6. The molecule has 4 rings (SSSR count). The number of benzene rings is 1. The van der Waals surface area contributed by atoms with E-state index in [9.17, 15) is 13.2 Å². The van der Waals surface area contributed by atoms with Gasteiger partial charge in [0.05, 0.1) is 11.8 Å². The standard InChI is InChI=1S/C23H33N5O4S/c1-4-16-33(30,31)28-11-5-6-20(28)23(29)27-14-12-26(13-15-27)18(3)22-24-21(25-32-22)19-9-7-17(2)8-10-19/h7-10,18,20H,4-6,11-16H2,1-3H3. The number of hydrogen-bond acceptors (Lipinski definition) is 7. The van der Waals surface area contributed by atoms with Gasteiger partial charge in [-0.25, -0.2) is 8.42 Å². The lowest BCUT2D eigenvalue weighted by Crippen LogP contribution is -2.54. The molecular weight excluding hydrogens is 442 g/mol. The van der Waals surface area contributed by atoms with Crippen LogP contribution in [0.25, 0.3) is 11.4 Å². The summed E-state index contributed by atoms with van der Waals surface area (Å²) in [5.41, 5.74) is 2.09. The molecule has 0 aliphatic carbocycles. The quantitative estimate of drug-likeness (QED) is 0.606. The molecule has 2 saturated heterocycles. The summed E-state index contributed by atoms with van der Waals surface area (Å²) in [6.45, 7) is 8.80. The Morgan fingerprint density at radius 2 is 1.85 bits per heavy atom. The van der Waals surface area contributed by atoms with Gasteiger partial charge in [0.15, 0.2) is 0 Å². The maximum absolute atomic E-state index is 13.2. The number of carbonyl (C=O) groups is 1. The average Bonchev–Trinajstić information content (AvgIpc) is 3.49. The molecule has 2 aliphatic rings. The molecule has 2 aromatic rings. The fourth-order valence-electron chi connectivity index (χ4n) is 4.62. The molecule has 180 valence electrons. The summed E-state index contributed by atoms with van der Waals surface area (Å²) in [6, 6.07) is 7.37. The lowest BCUT2D eigenvalue weighted by atomic mass is 10.1. The molecular formula is C23H33N5O4S. The molecule has 2 atom stereocenters. The first-order valence-electron chi connectivity index (χ1n) is 11.7. The number of aryl methyl sites for hydroxylation is 1. The topological polar surface area (TPSA) is 99.9 Å². The molecule has 0 bridgehead atoms. The van der Waals surface area contributed by atoms with Crippen molar-refractivity contribution in [1.29, 1.82) is 0 Å². The maximum Gasteiger partial charge on any atom is 0.244 e. The molecule has 0 N–H and O–H groups in total. The molecule has 33 heavy (non-hydrogen) atoms. The molecule has 2 unspecified atom stereocenters. The Bertz CT molecular complexity index is 1060. The first-order chi connectivity index (χ1) is 15.8. The van der Waals surface area contributed by atoms with E-state index < -0.39 is 16.1 Å². The molecule has 0 spiro atoms. The van der Waals surface area contributed by atoms with Crippen LogP contribution in [0.15, 0.2) is 28.8 Å². The molecule has 9 nitrogen and oxygen atoms in total. The minimum absolute atomic E-state index is 0.0677. The normalized spacial score (nSPS) is 21.4. The van der Waals surface area contributed by atoms with Gasteiger partial charge in [0, 0.05) is 38.3 Å². The molecule has 10 heteroatoms. The van der Waals surface area contributed by atoms with Crippen LogP contribution in [0.1, 0.15) is 50.6 Å². The summed E-state index contributed by atoms with van der Waals surface area (Å²) in [4.78, 5) is 21.8. The predicted octanol–water partition coefficient (Wildman–Crippen LogP) is 2.45. The van der Waals surface area contributed by atoms with E-state index in [1.165, 1.54) is 9.87 Å². The van der Waals surface area contributed by atoms with Gasteiger partial charge >= 0.3 is 0 Å². The van der Waals surface area contributed by atoms with Crippen LogP contribution < -0.4 is 0 Å². The Morgan fingerprint density at radius 3 is 2.52 bits per heavy atom. The first-order valence-corrected chi connectivity index (χ1v) is 13.3. The fraction of sp³-hybridized carbons (Fsp3) is 0.609. The predicted molar refractivity (Wildman–Crippen MR) is 125 cm³/mol. The van der Waals surface area contributed by atoms with Gasteiger partial charge in [0.2, 0.25) is 27.6 Å². The third kappa shape index (κ3) is 5.12. The van der Waals surface area contributed by atoms with Crippen molar-refractivity contribution in [2.75, 3.05) is 38.5 Å². The van der Waals surface area contributed by atoms with E-state index in [2.05, 4.69) is 15.0 Å². The summed E-state index contributed by atoms with van der Waals surface area (Å²) in [7, 11) is -3.38. The van der Waals surface area contributed by atoms with Crippen molar-refractivity contribution in [1.82, 2.24) is 24.2 Å². The number of rotatable bonds is 7. The lowest BCUT2D eigenvalue weighted by molar-refractivity contribution is -0.136. The van der Waals surface area contributed by atoms with Crippen molar-refractivity contribution in [3.8, 4) is 11.4 Å². The highest BCUT2D eigenvalue weighted by Gasteiger charge is 2.40. The van der Waals surface area contributed by atoms with Crippen LogP contribution in [0.2, 0.25) is 0 Å². The summed E-state index contributed by atoms with van der Waals surface area (Å²) in [6.07, 6.45) is 1.89. The number of hydrogen-bond donors (Lipinski definition) is 0. The van der Waals surface area contributed by atoms with Gasteiger partial charge in [-0.1, -0.05) is 41.9 Å². The van der Waals surface area contributed by atoms with E-state index in [-0.39, 0.29) is 17.7 Å². The van der Waals surface area contributed by atoms with Crippen LogP contribution in [0.5, 0.6) is 0 Å².